The van der Waals surface area contributed by atoms with Gasteiger partial charge in [0.15, 0.2) is 0 Å². The molecule has 1 amide bonds. The van der Waals surface area contributed by atoms with Gasteiger partial charge in [-0.1, -0.05) is 36.6 Å². The number of H-pyrrole nitrogens is 1. The highest BCUT2D eigenvalue weighted by molar-refractivity contribution is 7.17. The second-order valence-electron chi connectivity index (χ2n) is 7.11. The van der Waals surface area contributed by atoms with Gasteiger partial charge in [0.25, 0.3) is 5.56 Å². The van der Waals surface area contributed by atoms with E-state index in [0.29, 0.717) is 21.1 Å². The summed E-state index contributed by atoms with van der Waals surface area (Å²) in [7, 11) is 1.77. The molecule has 2 heterocycles. The number of aromatic nitrogens is 2. The fourth-order valence-corrected chi connectivity index (χ4v) is 4.96. The third-order valence-corrected chi connectivity index (χ3v) is 6.48. The maximum absolute atomic E-state index is 13.4. The number of benzene rings is 1. The molecule has 1 aromatic carbocycles. The van der Waals surface area contributed by atoms with E-state index in [9.17, 15) is 9.59 Å². The quantitative estimate of drug-likeness (QED) is 0.715. The third-order valence-electron chi connectivity index (χ3n) is 5.34. The average Bonchev–Trinajstić information content (AvgIpc) is 3.31. The smallest absolute Gasteiger partial charge is 0.268 e. The number of carbonyl (C=O) groups is 1. The van der Waals surface area contributed by atoms with Crippen LogP contribution in [0.4, 0.5) is 0 Å². The van der Waals surface area contributed by atoms with E-state index >= 15 is 0 Å². The third kappa shape index (κ3) is 3.28. The van der Waals surface area contributed by atoms with Gasteiger partial charge >= 0.3 is 0 Å². The van der Waals surface area contributed by atoms with Crippen molar-refractivity contribution in [3.8, 4) is 0 Å². The summed E-state index contributed by atoms with van der Waals surface area (Å²) in [5.74, 6) is 0.552. The normalized spacial score (nSPS) is 15.9. The van der Waals surface area contributed by atoms with Crippen molar-refractivity contribution in [3.63, 3.8) is 0 Å². The average molecular weight is 402 g/mol. The summed E-state index contributed by atoms with van der Waals surface area (Å²) >= 11 is 7.55. The minimum atomic E-state index is -0.549. The summed E-state index contributed by atoms with van der Waals surface area (Å²) in [5.41, 5.74) is 0.937. The zero-order valence-electron chi connectivity index (χ0n) is 15.0. The maximum Gasteiger partial charge on any atom is 0.268 e. The SMILES string of the molecule is CN(Cc1nc2ccsc2c(=O)[nH]1)C(=O)C1(c2cccc(Cl)c2)CCCC1. The molecule has 3 aromatic rings. The number of thiophene rings is 1. The van der Waals surface area contributed by atoms with E-state index in [1.807, 2.05) is 35.7 Å². The van der Waals surface area contributed by atoms with Gasteiger partial charge in [0.1, 0.15) is 10.5 Å². The van der Waals surface area contributed by atoms with Gasteiger partial charge in [0.05, 0.1) is 17.5 Å². The van der Waals surface area contributed by atoms with E-state index in [0.717, 1.165) is 31.2 Å². The molecule has 0 aliphatic heterocycles. The molecular formula is C20H20ClN3O2S. The van der Waals surface area contributed by atoms with Gasteiger partial charge in [0, 0.05) is 12.1 Å². The van der Waals surface area contributed by atoms with Gasteiger partial charge < -0.3 is 9.88 Å². The molecule has 0 atom stereocenters. The first-order chi connectivity index (χ1) is 13.0. The summed E-state index contributed by atoms with van der Waals surface area (Å²) in [4.78, 5) is 34.6. The van der Waals surface area contributed by atoms with Crippen LogP contribution in [-0.2, 0) is 16.8 Å². The van der Waals surface area contributed by atoms with Crippen LogP contribution in [0.1, 0.15) is 37.1 Å². The lowest BCUT2D eigenvalue weighted by Gasteiger charge is -2.33. The van der Waals surface area contributed by atoms with Gasteiger partial charge in [-0.05, 0) is 42.0 Å². The van der Waals surface area contributed by atoms with Crippen LogP contribution in [0.5, 0.6) is 0 Å². The predicted octanol–water partition coefficient (Wildman–Crippen LogP) is 4.11. The highest BCUT2D eigenvalue weighted by Crippen LogP contribution is 2.43. The standard InChI is InChI=1S/C20H20ClN3O2S/c1-24(12-16-22-15-7-10-27-17(15)18(25)23-16)19(26)20(8-2-3-9-20)13-5-4-6-14(21)11-13/h4-7,10-11H,2-3,8-9,12H2,1H3,(H,22,23,25). The molecule has 27 heavy (non-hydrogen) atoms. The number of hydrogen-bond acceptors (Lipinski definition) is 4. The van der Waals surface area contributed by atoms with Crippen molar-refractivity contribution in [3.05, 3.63) is 62.5 Å². The molecule has 2 aromatic heterocycles. The van der Waals surface area contributed by atoms with E-state index in [4.69, 9.17) is 11.6 Å². The Bertz CT molecular complexity index is 1050. The van der Waals surface area contributed by atoms with E-state index in [1.165, 1.54) is 11.3 Å². The molecule has 0 bridgehead atoms. The summed E-state index contributed by atoms with van der Waals surface area (Å²) in [6.45, 7) is 0.266. The van der Waals surface area contributed by atoms with Crippen LogP contribution in [-0.4, -0.2) is 27.8 Å². The van der Waals surface area contributed by atoms with Crippen LogP contribution in [0.3, 0.4) is 0 Å². The van der Waals surface area contributed by atoms with Gasteiger partial charge in [0.2, 0.25) is 5.91 Å². The fourth-order valence-electron chi connectivity index (χ4n) is 4.05. The Morgan fingerprint density at radius 2 is 2.11 bits per heavy atom. The fraction of sp³-hybridized carbons (Fsp3) is 0.350. The molecule has 0 radical (unpaired) electrons. The lowest BCUT2D eigenvalue weighted by molar-refractivity contribution is -0.136. The minimum Gasteiger partial charge on any atom is -0.338 e. The number of hydrogen-bond donors (Lipinski definition) is 1. The molecule has 1 saturated carbocycles. The first-order valence-corrected chi connectivity index (χ1v) is 10.2. The molecule has 140 valence electrons. The maximum atomic E-state index is 13.4. The molecular weight excluding hydrogens is 382 g/mol. The molecule has 1 N–H and O–H groups in total. The zero-order chi connectivity index (χ0) is 19.0. The molecule has 5 nitrogen and oxygen atoms in total. The molecule has 0 saturated heterocycles. The Balaban J connectivity index is 1.64. The van der Waals surface area contributed by atoms with Crippen molar-refractivity contribution >= 4 is 39.1 Å². The summed E-state index contributed by atoms with van der Waals surface area (Å²) in [5, 5.41) is 2.49. The van der Waals surface area contributed by atoms with Gasteiger partial charge in [-0.25, -0.2) is 4.98 Å². The van der Waals surface area contributed by atoms with Crippen LogP contribution in [0.15, 0.2) is 40.5 Å². The van der Waals surface area contributed by atoms with Crippen molar-refractivity contribution in [1.82, 2.24) is 14.9 Å². The topological polar surface area (TPSA) is 66.1 Å². The van der Waals surface area contributed by atoms with E-state index < -0.39 is 5.41 Å². The number of amides is 1. The second kappa shape index (κ2) is 7.09. The summed E-state index contributed by atoms with van der Waals surface area (Å²) < 4.78 is 0.610. The Kier molecular flexibility index (Phi) is 4.78. The molecule has 1 fully saturated rings. The molecule has 7 heteroatoms. The number of likely N-dealkylation sites (N-methyl/N-ethyl adjacent to an activating group) is 1. The van der Waals surface area contributed by atoms with E-state index in [2.05, 4.69) is 9.97 Å². The van der Waals surface area contributed by atoms with Crippen LogP contribution in [0, 0.1) is 0 Å². The van der Waals surface area contributed by atoms with E-state index in [1.54, 1.807) is 11.9 Å². The highest BCUT2D eigenvalue weighted by atomic mass is 35.5. The van der Waals surface area contributed by atoms with Crippen molar-refractivity contribution in [2.75, 3.05) is 7.05 Å². The van der Waals surface area contributed by atoms with Crippen LogP contribution in [0.2, 0.25) is 5.02 Å². The summed E-state index contributed by atoms with van der Waals surface area (Å²) in [6.07, 6.45) is 3.65. The van der Waals surface area contributed by atoms with Crippen LogP contribution >= 0.6 is 22.9 Å². The number of carbonyl (C=O) groups excluding carboxylic acids is 1. The van der Waals surface area contributed by atoms with Gasteiger partial charge in [-0.2, -0.15) is 0 Å². The number of halogens is 1. The number of nitrogens with zero attached hydrogens (tertiary/aromatic N) is 2. The Morgan fingerprint density at radius 1 is 1.33 bits per heavy atom. The van der Waals surface area contributed by atoms with Gasteiger partial charge in [-0.15, -0.1) is 11.3 Å². The van der Waals surface area contributed by atoms with Crippen LogP contribution < -0.4 is 5.56 Å². The summed E-state index contributed by atoms with van der Waals surface area (Å²) in [6, 6.07) is 9.43. The first-order valence-electron chi connectivity index (χ1n) is 8.98. The zero-order valence-corrected chi connectivity index (χ0v) is 16.6. The largest absolute Gasteiger partial charge is 0.338 e. The van der Waals surface area contributed by atoms with Gasteiger partial charge in [-0.3, -0.25) is 9.59 Å². The molecule has 0 unspecified atom stereocenters. The van der Waals surface area contributed by atoms with Crippen molar-refractivity contribution in [2.45, 2.75) is 37.6 Å². The van der Waals surface area contributed by atoms with E-state index in [-0.39, 0.29) is 18.0 Å². The predicted molar refractivity (Wildman–Crippen MR) is 108 cm³/mol. The molecule has 1 aliphatic rings. The number of fused-ring (bicyclic) bond motifs is 1. The Morgan fingerprint density at radius 3 is 2.85 bits per heavy atom. The number of aromatic amines is 1. The molecule has 4 rings (SSSR count). The van der Waals surface area contributed by atoms with Crippen LogP contribution in [0.25, 0.3) is 10.2 Å². The second-order valence-corrected chi connectivity index (χ2v) is 8.46. The van der Waals surface area contributed by atoms with Crippen molar-refractivity contribution in [1.29, 1.82) is 0 Å². The monoisotopic (exact) mass is 401 g/mol. The lowest BCUT2D eigenvalue weighted by atomic mass is 9.77. The molecule has 1 aliphatic carbocycles. The Labute approximate surface area is 166 Å². The minimum absolute atomic E-state index is 0.0512. The number of nitrogens with one attached hydrogen (secondary N) is 1. The Hall–Kier alpha value is -2.18. The first kappa shape index (κ1) is 18.2. The lowest BCUT2D eigenvalue weighted by Crippen LogP contribution is -2.43. The molecule has 0 spiro atoms. The van der Waals surface area contributed by atoms with Crippen molar-refractivity contribution in [2.24, 2.45) is 0 Å². The highest BCUT2D eigenvalue weighted by Gasteiger charge is 2.44. The number of rotatable bonds is 4. The van der Waals surface area contributed by atoms with Crippen molar-refractivity contribution < 1.29 is 4.79 Å².